The zero-order valence-electron chi connectivity index (χ0n) is 8.02. The van der Waals surface area contributed by atoms with Crippen LogP contribution in [0.4, 0.5) is 0 Å². The molecular formula is C12H13Cl. The number of rotatable bonds is 0. The van der Waals surface area contributed by atoms with Crippen LogP contribution in [0, 0.1) is 13.8 Å². The van der Waals surface area contributed by atoms with Gasteiger partial charge in [0.25, 0.3) is 0 Å². The Balaban J connectivity index is 2.69. The van der Waals surface area contributed by atoms with Crippen LogP contribution in [0.2, 0.25) is 5.02 Å². The molecule has 1 aliphatic rings. The van der Waals surface area contributed by atoms with Crippen molar-refractivity contribution in [3.05, 3.63) is 39.4 Å². The highest BCUT2D eigenvalue weighted by Gasteiger charge is 2.11. The van der Waals surface area contributed by atoms with E-state index in [1.807, 2.05) is 0 Å². The van der Waals surface area contributed by atoms with Gasteiger partial charge in [-0.05, 0) is 55.0 Å². The smallest absolute Gasteiger partial charge is 0.0443 e. The second-order valence-electron chi connectivity index (χ2n) is 3.62. The standard InChI is InChI=1S/C12H13Cl/c1-8-9(2)12(13)7-10-5-3-4-6-11(8)10/h3,5,7H,4,6H2,1-2H3. The predicted molar refractivity (Wildman–Crippen MR) is 58.3 cm³/mol. The minimum absolute atomic E-state index is 0.891. The van der Waals surface area contributed by atoms with Gasteiger partial charge in [-0.2, -0.15) is 0 Å². The highest BCUT2D eigenvalue weighted by molar-refractivity contribution is 6.31. The summed E-state index contributed by atoms with van der Waals surface area (Å²) in [5, 5.41) is 0.891. The first kappa shape index (κ1) is 8.83. The van der Waals surface area contributed by atoms with E-state index in [-0.39, 0.29) is 0 Å². The number of benzene rings is 1. The minimum Gasteiger partial charge on any atom is -0.0840 e. The van der Waals surface area contributed by atoms with Crippen molar-refractivity contribution in [2.75, 3.05) is 0 Å². The van der Waals surface area contributed by atoms with Crippen LogP contribution < -0.4 is 0 Å². The predicted octanol–water partition coefficient (Wildman–Crippen LogP) is 3.92. The molecule has 0 bridgehead atoms. The van der Waals surface area contributed by atoms with E-state index in [0.29, 0.717) is 0 Å². The molecule has 0 saturated heterocycles. The van der Waals surface area contributed by atoms with Gasteiger partial charge in [-0.15, -0.1) is 0 Å². The summed E-state index contributed by atoms with van der Waals surface area (Å²) in [4.78, 5) is 0. The molecule has 2 rings (SSSR count). The molecule has 0 aliphatic heterocycles. The Bertz CT molecular complexity index is 375. The van der Waals surface area contributed by atoms with E-state index in [1.54, 1.807) is 0 Å². The fourth-order valence-electron chi connectivity index (χ4n) is 1.87. The molecule has 0 saturated carbocycles. The number of allylic oxidation sites excluding steroid dienone is 1. The van der Waals surface area contributed by atoms with Crippen molar-refractivity contribution in [2.24, 2.45) is 0 Å². The fraction of sp³-hybridized carbons (Fsp3) is 0.333. The largest absolute Gasteiger partial charge is 0.0840 e. The zero-order chi connectivity index (χ0) is 9.42. The van der Waals surface area contributed by atoms with Crippen LogP contribution >= 0.6 is 11.6 Å². The molecule has 13 heavy (non-hydrogen) atoms. The van der Waals surface area contributed by atoms with Gasteiger partial charge in [-0.25, -0.2) is 0 Å². The van der Waals surface area contributed by atoms with Gasteiger partial charge in [0.2, 0.25) is 0 Å². The van der Waals surface area contributed by atoms with Gasteiger partial charge < -0.3 is 0 Å². The molecule has 0 N–H and O–H groups in total. The van der Waals surface area contributed by atoms with Gasteiger partial charge in [0.15, 0.2) is 0 Å². The van der Waals surface area contributed by atoms with E-state index >= 15 is 0 Å². The average molecular weight is 193 g/mol. The summed E-state index contributed by atoms with van der Waals surface area (Å²) in [5.41, 5.74) is 5.38. The Labute approximate surface area is 84.2 Å². The van der Waals surface area contributed by atoms with Crippen LogP contribution in [0.1, 0.15) is 28.7 Å². The van der Waals surface area contributed by atoms with Crippen molar-refractivity contribution in [1.29, 1.82) is 0 Å². The van der Waals surface area contributed by atoms with Crippen LogP contribution in [0.3, 0.4) is 0 Å². The van der Waals surface area contributed by atoms with Gasteiger partial charge in [0.05, 0.1) is 0 Å². The Morgan fingerprint density at radius 1 is 1.23 bits per heavy atom. The maximum Gasteiger partial charge on any atom is 0.0443 e. The van der Waals surface area contributed by atoms with Crippen molar-refractivity contribution in [3.63, 3.8) is 0 Å². The van der Waals surface area contributed by atoms with Crippen LogP contribution in [0.5, 0.6) is 0 Å². The zero-order valence-corrected chi connectivity index (χ0v) is 8.78. The summed E-state index contributed by atoms with van der Waals surface area (Å²) in [5.74, 6) is 0. The van der Waals surface area contributed by atoms with Crippen molar-refractivity contribution in [2.45, 2.75) is 26.7 Å². The van der Waals surface area contributed by atoms with Crippen molar-refractivity contribution < 1.29 is 0 Å². The summed E-state index contributed by atoms with van der Waals surface area (Å²) >= 11 is 6.12. The van der Waals surface area contributed by atoms with Gasteiger partial charge in [0, 0.05) is 5.02 Å². The maximum atomic E-state index is 6.12. The molecule has 0 aromatic heterocycles. The Morgan fingerprint density at radius 2 is 2.00 bits per heavy atom. The molecule has 1 aromatic rings. The van der Waals surface area contributed by atoms with E-state index in [0.717, 1.165) is 17.9 Å². The normalized spacial score (nSPS) is 14.4. The molecule has 0 atom stereocenters. The van der Waals surface area contributed by atoms with Crippen LogP contribution in [0.15, 0.2) is 12.1 Å². The van der Waals surface area contributed by atoms with Crippen molar-refractivity contribution in [1.82, 2.24) is 0 Å². The van der Waals surface area contributed by atoms with E-state index in [9.17, 15) is 0 Å². The lowest BCUT2D eigenvalue weighted by atomic mass is 9.91. The van der Waals surface area contributed by atoms with Gasteiger partial charge >= 0.3 is 0 Å². The first-order valence-corrected chi connectivity index (χ1v) is 5.03. The molecule has 0 radical (unpaired) electrons. The van der Waals surface area contributed by atoms with Crippen LogP contribution in [-0.4, -0.2) is 0 Å². The summed E-state index contributed by atoms with van der Waals surface area (Å²) < 4.78 is 0. The summed E-state index contributed by atoms with van der Waals surface area (Å²) in [6, 6.07) is 2.08. The Kier molecular flexibility index (Phi) is 2.17. The second kappa shape index (κ2) is 3.19. The molecule has 68 valence electrons. The third-order valence-corrected chi connectivity index (χ3v) is 3.26. The molecule has 0 unspecified atom stereocenters. The highest BCUT2D eigenvalue weighted by atomic mass is 35.5. The van der Waals surface area contributed by atoms with Crippen LogP contribution in [0.25, 0.3) is 6.08 Å². The Hall–Kier alpha value is -0.750. The minimum atomic E-state index is 0.891. The number of hydrogen-bond donors (Lipinski definition) is 0. The summed E-state index contributed by atoms with van der Waals surface area (Å²) in [7, 11) is 0. The SMILES string of the molecule is Cc1c(Cl)cc2c(c1C)CCC=C2. The van der Waals surface area contributed by atoms with E-state index in [1.165, 1.54) is 22.3 Å². The second-order valence-corrected chi connectivity index (χ2v) is 4.02. The van der Waals surface area contributed by atoms with Gasteiger partial charge in [-0.1, -0.05) is 23.8 Å². The molecule has 0 nitrogen and oxygen atoms in total. The molecule has 0 amide bonds. The van der Waals surface area contributed by atoms with Gasteiger partial charge in [-0.3, -0.25) is 0 Å². The maximum absolute atomic E-state index is 6.12. The monoisotopic (exact) mass is 192 g/mol. The van der Waals surface area contributed by atoms with E-state index in [2.05, 4.69) is 32.1 Å². The van der Waals surface area contributed by atoms with E-state index < -0.39 is 0 Å². The van der Waals surface area contributed by atoms with E-state index in [4.69, 9.17) is 11.6 Å². The molecular weight excluding hydrogens is 180 g/mol. The Morgan fingerprint density at radius 3 is 2.77 bits per heavy atom. The molecule has 1 aromatic carbocycles. The summed E-state index contributed by atoms with van der Waals surface area (Å²) in [6.45, 7) is 4.26. The summed E-state index contributed by atoms with van der Waals surface area (Å²) in [6.07, 6.45) is 6.72. The first-order valence-electron chi connectivity index (χ1n) is 4.65. The fourth-order valence-corrected chi connectivity index (χ4v) is 2.13. The van der Waals surface area contributed by atoms with Crippen molar-refractivity contribution >= 4 is 17.7 Å². The molecule has 1 heteroatoms. The lowest BCUT2D eigenvalue weighted by Gasteiger charge is -2.16. The third kappa shape index (κ3) is 1.40. The average Bonchev–Trinajstić information content (AvgIpc) is 2.15. The van der Waals surface area contributed by atoms with Crippen molar-refractivity contribution in [3.8, 4) is 0 Å². The lowest BCUT2D eigenvalue weighted by molar-refractivity contribution is 0.965. The number of fused-ring (bicyclic) bond motifs is 1. The van der Waals surface area contributed by atoms with Gasteiger partial charge in [0.1, 0.15) is 0 Å². The van der Waals surface area contributed by atoms with Crippen LogP contribution in [-0.2, 0) is 6.42 Å². The number of halogens is 1. The molecule has 0 heterocycles. The molecule has 1 aliphatic carbocycles. The highest BCUT2D eigenvalue weighted by Crippen LogP contribution is 2.29. The molecule has 0 fully saturated rings. The lowest BCUT2D eigenvalue weighted by Crippen LogP contribution is -2.00. The topological polar surface area (TPSA) is 0 Å². The first-order chi connectivity index (χ1) is 6.20. The third-order valence-electron chi connectivity index (χ3n) is 2.86. The number of hydrogen-bond acceptors (Lipinski definition) is 0. The quantitative estimate of drug-likeness (QED) is 0.585. The molecule has 0 spiro atoms.